The van der Waals surface area contributed by atoms with Gasteiger partial charge in [-0.05, 0) is 18.2 Å². The smallest absolute Gasteiger partial charge is 0.341 e. The lowest BCUT2D eigenvalue weighted by molar-refractivity contribution is -0.139. The zero-order valence-corrected chi connectivity index (χ0v) is 10.0. The molecule has 9 heteroatoms. The summed E-state index contributed by atoms with van der Waals surface area (Å²) in [6.45, 7) is -0.674. The van der Waals surface area contributed by atoms with Gasteiger partial charge in [-0.25, -0.2) is 9.18 Å². The maximum Gasteiger partial charge on any atom is 0.341 e. The molecule has 0 saturated carbocycles. The average molecular weight is 288 g/mol. The van der Waals surface area contributed by atoms with Crippen molar-refractivity contribution in [3.05, 3.63) is 29.0 Å². The second-order valence-corrected chi connectivity index (χ2v) is 3.85. The summed E-state index contributed by atoms with van der Waals surface area (Å²) in [5.41, 5.74) is -0.0513. The van der Waals surface area contributed by atoms with E-state index in [1.807, 2.05) is 0 Å². The van der Waals surface area contributed by atoms with Gasteiger partial charge in [-0.15, -0.1) is 0 Å². The van der Waals surface area contributed by atoms with Gasteiger partial charge in [0.05, 0.1) is 5.56 Å². The fourth-order valence-corrected chi connectivity index (χ4v) is 1.47. The summed E-state index contributed by atoms with van der Waals surface area (Å²) in [5.74, 6) is -2.16. The SMILES string of the molecule is O=C(O)COc1nc(-c2ccc(Cl)cc2F)n(O)n1. The molecule has 0 aliphatic rings. The summed E-state index contributed by atoms with van der Waals surface area (Å²) < 4.78 is 18.3. The highest BCUT2D eigenvalue weighted by molar-refractivity contribution is 6.30. The number of carboxylic acid groups (broad SMARTS) is 1. The summed E-state index contributed by atoms with van der Waals surface area (Å²) in [4.78, 5) is 14.3. The first kappa shape index (κ1) is 13.1. The summed E-state index contributed by atoms with van der Waals surface area (Å²) in [6.07, 6.45) is 0. The van der Waals surface area contributed by atoms with E-state index in [0.29, 0.717) is 4.85 Å². The van der Waals surface area contributed by atoms with Gasteiger partial charge in [0.25, 0.3) is 0 Å². The Morgan fingerprint density at radius 3 is 2.89 bits per heavy atom. The first-order valence-electron chi connectivity index (χ1n) is 4.93. The van der Waals surface area contributed by atoms with E-state index in [0.717, 1.165) is 6.07 Å². The number of hydrogen-bond donors (Lipinski definition) is 2. The molecular formula is C10H7ClFN3O4. The number of carbonyl (C=O) groups is 1. The monoisotopic (exact) mass is 287 g/mol. The number of ether oxygens (including phenoxy) is 1. The molecule has 0 amide bonds. The molecule has 0 atom stereocenters. The molecule has 1 aromatic heterocycles. The van der Waals surface area contributed by atoms with E-state index in [1.54, 1.807) is 0 Å². The Kier molecular flexibility index (Phi) is 3.52. The Hall–Kier alpha value is -2.35. The van der Waals surface area contributed by atoms with E-state index in [1.165, 1.54) is 12.1 Å². The highest BCUT2D eigenvalue weighted by Crippen LogP contribution is 2.24. The van der Waals surface area contributed by atoms with Gasteiger partial charge in [0.15, 0.2) is 6.61 Å². The highest BCUT2D eigenvalue weighted by atomic mass is 35.5. The van der Waals surface area contributed by atoms with Gasteiger partial charge >= 0.3 is 12.0 Å². The van der Waals surface area contributed by atoms with Crippen LogP contribution in [-0.2, 0) is 4.79 Å². The van der Waals surface area contributed by atoms with Crippen LogP contribution in [0.5, 0.6) is 6.01 Å². The summed E-state index contributed by atoms with van der Waals surface area (Å²) in [7, 11) is 0. The number of halogens is 2. The largest absolute Gasteiger partial charge is 0.479 e. The molecule has 0 bridgehead atoms. The maximum absolute atomic E-state index is 13.6. The molecular weight excluding hydrogens is 281 g/mol. The van der Waals surface area contributed by atoms with E-state index in [-0.39, 0.29) is 22.4 Å². The molecule has 2 N–H and O–H groups in total. The fraction of sp³-hybridized carbons (Fsp3) is 0.100. The zero-order chi connectivity index (χ0) is 14.0. The lowest BCUT2D eigenvalue weighted by atomic mass is 10.2. The summed E-state index contributed by atoms with van der Waals surface area (Å²) in [5, 5.41) is 21.5. The number of rotatable bonds is 4. The van der Waals surface area contributed by atoms with Crippen LogP contribution in [0.25, 0.3) is 11.4 Å². The van der Waals surface area contributed by atoms with Crippen LogP contribution in [0.2, 0.25) is 5.02 Å². The number of aliphatic carboxylic acids is 1. The molecule has 0 spiro atoms. The lowest BCUT2D eigenvalue weighted by Crippen LogP contribution is -2.10. The van der Waals surface area contributed by atoms with Crippen LogP contribution >= 0.6 is 11.6 Å². The number of carboxylic acids is 1. The summed E-state index contributed by atoms with van der Waals surface area (Å²) >= 11 is 5.60. The first-order valence-corrected chi connectivity index (χ1v) is 5.31. The number of benzene rings is 1. The van der Waals surface area contributed by atoms with Crippen LogP contribution in [-0.4, -0.2) is 37.8 Å². The van der Waals surface area contributed by atoms with E-state index >= 15 is 0 Å². The maximum atomic E-state index is 13.6. The highest BCUT2D eigenvalue weighted by Gasteiger charge is 2.17. The van der Waals surface area contributed by atoms with Gasteiger partial charge in [-0.1, -0.05) is 21.5 Å². The molecule has 0 aliphatic carbocycles. The molecule has 0 fully saturated rings. The zero-order valence-electron chi connectivity index (χ0n) is 9.25. The van der Waals surface area contributed by atoms with Crippen molar-refractivity contribution in [2.75, 3.05) is 6.61 Å². The Balaban J connectivity index is 2.32. The molecule has 0 saturated heterocycles. The van der Waals surface area contributed by atoms with Gasteiger partial charge in [0.1, 0.15) is 5.82 Å². The van der Waals surface area contributed by atoms with Crippen molar-refractivity contribution in [2.24, 2.45) is 0 Å². The third-order valence-corrected chi connectivity index (χ3v) is 2.30. The van der Waals surface area contributed by atoms with E-state index in [4.69, 9.17) is 16.7 Å². The third kappa shape index (κ3) is 2.91. The number of nitrogens with zero attached hydrogens (tertiary/aromatic N) is 3. The first-order chi connectivity index (χ1) is 8.97. The molecule has 19 heavy (non-hydrogen) atoms. The van der Waals surface area contributed by atoms with E-state index < -0.39 is 18.4 Å². The van der Waals surface area contributed by atoms with Crippen LogP contribution in [0, 0.1) is 5.82 Å². The fourth-order valence-electron chi connectivity index (χ4n) is 1.31. The topological polar surface area (TPSA) is 97.5 Å². The summed E-state index contributed by atoms with van der Waals surface area (Å²) in [6, 6.07) is 3.37. The van der Waals surface area contributed by atoms with Crippen molar-refractivity contribution < 1.29 is 24.2 Å². The second-order valence-electron chi connectivity index (χ2n) is 3.41. The van der Waals surface area contributed by atoms with Crippen LogP contribution in [0.3, 0.4) is 0 Å². The lowest BCUT2D eigenvalue weighted by Gasteiger charge is -2.00. The number of hydrogen-bond acceptors (Lipinski definition) is 5. The number of aromatic nitrogens is 3. The van der Waals surface area contributed by atoms with Crippen molar-refractivity contribution >= 4 is 17.6 Å². The molecule has 0 aliphatic heterocycles. The average Bonchev–Trinajstić information content (AvgIpc) is 2.68. The normalized spacial score (nSPS) is 10.4. The molecule has 1 aromatic carbocycles. The van der Waals surface area contributed by atoms with Crippen molar-refractivity contribution in [2.45, 2.75) is 0 Å². The van der Waals surface area contributed by atoms with Crippen molar-refractivity contribution in [3.8, 4) is 17.4 Å². The second kappa shape index (κ2) is 5.11. The minimum absolute atomic E-state index is 0.0513. The molecule has 100 valence electrons. The predicted octanol–water partition coefficient (Wildman–Crippen LogP) is 1.44. The molecule has 1 heterocycles. The van der Waals surface area contributed by atoms with Crippen LogP contribution in [0.15, 0.2) is 18.2 Å². The molecule has 0 radical (unpaired) electrons. The molecule has 0 unspecified atom stereocenters. The quantitative estimate of drug-likeness (QED) is 0.826. The molecule has 7 nitrogen and oxygen atoms in total. The molecule has 2 rings (SSSR count). The minimum atomic E-state index is -1.23. The minimum Gasteiger partial charge on any atom is -0.479 e. The third-order valence-electron chi connectivity index (χ3n) is 2.07. The van der Waals surface area contributed by atoms with Crippen molar-refractivity contribution in [3.63, 3.8) is 0 Å². The van der Waals surface area contributed by atoms with Crippen LogP contribution < -0.4 is 4.74 Å². The van der Waals surface area contributed by atoms with Gasteiger partial charge in [0.2, 0.25) is 5.82 Å². The van der Waals surface area contributed by atoms with Crippen molar-refractivity contribution in [1.29, 1.82) is 0 Å². The standard InChI is InChI=1S/C10H7ClFN3O4/c11-5-1-2-6(7(12)3-5)9-13-10(14-15(9)18)19-4-8(16)17/h1-3,18H,4H2,(H,16,17). The Bertz CT molecular complexity index is 631. The van der Waals surface area contributed by atoms with Gasteiger partial charge in [-0.3, -0.25) is 0 Å². The van der Waals surface area contributed by atoms with E-state index in [9.17, 15) is 14.4 Å². The van der Waals surface area contributed by atoms with Crippen LogP contribution in [0.1, 0.15) is 0 Å². The Labute approximate surface area is 110 Å². The Morgan fingerprint density at radius 2 is 2.26 bits per heavy atom. The van der Waals surface area contributed by atoms with Crippen LogP contribution in [0.4, 0.5) is 4.39 Å². The van der Waals surface area contributed by atoms with Crippen molar-refractivity contribution in [1.82, 2.24) is 14.9 Å². The predicted molar refractivity (Wildman–Crippen MR) is 60.7 cm³/mol. The Morgan fingerprint density at radius 1 is 1.53 bits per heavy atom. The van der Waals surface area contributed by atoms with Gasteiger partial charge in [0, 0.05) is 5.02 Å². The van der Waals surface area contributed by atoms with E-state index in [2.05, 4.69) is 14.8 Å². The van der Waals surface area contributed by atoms with Gasteiger partial charge < -0.3 is 15.1 Å². The van der Waals surface area contributed by atoms with Gasteiger partial charge in [-0.2, -0.15) is 4.98 Å². The molecule has 2 aromatic rings.